The second kappa shape index (κ2) is 7.67. The van der Waals surface area contributed by atoms with Crippen molar-refractivity contribution >= 4 is 12.0 Å². The molecule has 0 radical (unpaired) electrons. The summed E-state index contributed by atoms with van der Waals surface area (Å²) in [6.07, 6.45) is -0.995. The van der Waals surface area contributed by atoms with Crippen LogP contribution in [0.2, 0.25) is 0 Å². The van der Waals surface area contributed by atoms with Gasteiger partial charge in [-0.3, -0.25) is 9.36 Å². The van der Waals surface area contributed by atoms with Gasteiger partial charge >= 0.3 is 11.8 Å². The number of benzene rings is 2. The van der Waals surface area contributed by atoms with Crippen LogP contribution < -0.4 is 5.69 Å². The summed E-state index contributed by atoms with van der Waals surface area (Å²) in [4.78, 5) is 42.8. The van der Waals surface area contributed by atoms with Crippen LogP contribution in [0.4, 0.5) is 4.79 Å². The first-order chi connectivity index (χ1) is 14.1. The third kappa shape index (κ3) is 3.52. The van der Waals surface area contributed by atoms with Gasteiger partial charge in [0, 0.05) is 31.7 Å². The molecule has 8 heteroatoms. The molecule has 29 heavy (non-hydrogen) atoms. The van der Waals surface area contributed by atoms with Crippen LogP contribution in [0.15, 0.2) is 65.5 Å². The van der Waals surface area contributed by atoms with Gasteiger partial charge in [0.1, 0.15) is 5.69 Å². The van der Waals surface area contributed by atoms with Crippen LogP contribution in [0.25, 0.3) is 16.9 Å². The molecule has 1 aliphatic heterocycles. The quantitative estimate of drug-likeness (QED) is 0.714. The summed E-state index contributed by atoms with van der Waals surface area (Å²) in [5.74, 6) is -0.319. The van der Waals surface area contributed by atoms with E-state index in [1.165, 1.54) is 9.47 Å². The highest BCUT2D eigenvalue weighted by Gasteiger charge is 2.29. The van der Waals surface area contributed by atoms with Gasteiger partial charge in [0.05, 0.1) is 11.4 Å². The molecule has 1 aromatic heterocycles. The Morgan fingerprint density at radius 3 is 1.97 bits per heavy atom. The summed E-state index contributed by atoms with van der Waals surface area (Å²) < 4.78 is 1.50. The van der Waals surface area contributed by atoms with E-state index >= 15 is 0 Å². The molecule has 8 nitrogen and oxygen atoms in total. The van der Waals surface area contributed by atoms with E-state index in [0.717, 1.165) is 5.56 Å². The Balaban J connectivity index is 1.77. The molecule has 0 spiro atoms. The zero-order chi connectivity index (χ0) is 20.4. The molecule has 0 atom stereocenters. The number of nitrogens with one attached hydrogen (secondary N) is 1. The fourth-order valence-corrected chi connectivity index (χ4v) is 3.54. The molecular formula is C21H20N4O4. The van der Waals surface area contributed by atoms with Crippen molar-refractivity contribution in [1.29, 1.82) is 0 Å². The van der Waals surface area contributed by atoms with Crippen LogP contribution in [-0.4, -0.2) is 62.6 Å². The number of imidazole rings is 1. The molecule has 148 valence electrons. The largest absolute Gasteiger partial charge is 0.465 e. The van der Waals surface area contributed by atoms with Crippen molar-refractivity contribution in [3.63, 3.8) is 0 Å². The Labute approximate surface area is 166 Å². The number of hydrogen-bond acceptors (Lipinski definition) is 3. The number of aromatic amines is 1. The lowest BCUT2D eigenvalue weighted by atomic mass is 10.1. The van der Waals surface area contributed by atoms with E-state index in [1.807, 2.05) is 60.7 Å². The van der Waals surface area contributed by atoms with Crippen molar-refractivity contribution < 1.29 is 14.7 Å². The number of rotatable bonds is 3. The zero-order valence-corrected chi connectivity index (χ0v) is 15.6. The molecule has 0 saturated carbocycles. The number of nitrogens with zero attached hydrogens (tertiary/aromatic N) is 3. The normalized spacial score (nSPS) is 14.1. The molecule has 2 heterocycles. The van der Waals surface area contributed by atoms with Gasteiger partial charge in [-0.1, -0.05) is 48.5 Å². The van der Waals surface area contributed by atoms with E-state index < -0.39 is 11.8 Å². The van der Waals surface area contributed by atoms with Gasteiger partial charge in [0.2, 0.25) is 0 Å². The predicted octanol–water partition coefficient (Wildman–Crippen LogP) is 2.27. The third-order valence-electron chi connectivity index (χ3n) is 5.01. The van der Waals surface area contributed by atoms with E-state index in [9.17, 15) is 14.4 Å². The van der Waals surface area contributed by atoms with Crippen LogP contribution in [0.5, 0.6) is 0 Å². The van der Waals surface area contributed by atoms with Gasteiger partial charge in [-0.2, -0.15) is 0 Å². The van der Waals surface area contributed by atoms with Crippen molar-refractivity contribution in [1.82, 2.24) is 19.4 Å². The Bertz CT molecular complexity index is 1080. The molecule has 3 aromatic rings. The number of amides is 2. The highest BCUT2D eigenvalue weighted by Crippen LogP contribution is 2.26. The molecule has 0 unspecified atom stereocenters. The lowest BCUT2D eigenvalue weighted by Gasteiger charge is -2.33. The average molecular weight is 392 g/mol. The summed E-state index contributed by atoms with van der Waals surface area (Å²) in [5, 5.41) is 9.11. The number of carbonyl (C=O) groups is 2. The lowest BCUT2D eigenvalue weighted by Crippen LogP contribution is -2.50. The fraction of sp³-hybridized carbons (Fsp3) is 0.190. The minimum absolute atomic E-state index is 0.203. The van der Waals surface area contributed by atoms with Gasteiger partial charge in [0.15, 0.2) is 0 Å². The number of carboxylic acid groups (broad SMARTS) is 1. The van der Waals surface area contributed by atoms with Gasteiger partial charge in [-0.25, -0.2) is 9.59 Å². The van der Waals surface area contributed by atoms with Gasteiger partial charge in [-0.05, 0) is 12.1 Å². The lowest BCUT2D eigenvalue weighted by molar-refractivity contribution is 0.0620. The molecule has 1 aliphatic rings. The van der Waals surface area contributed by atoms with E-state index in [0.29, 0.717) is 11.4 Å². The first-order valence-corrected chi connectivity index (χ1v) is 9.29. The summed E-state index contributed by atoms with van der Waals surface area (Å²) in [6.45, 7) is 1.03. The van der Waals surface area contributed by atoms with Crippen molar-refractivity contribution in [3.05, 3.63) is 76.8 Å². The standard InChI is InChI=1S/C21H20N4O4/c26-19(23-11-13-24(14-12-23)21(28)29)17-18(15-7-3-1-4-8-15)25(20(27)22-17)16-9-5-2-6-10-16/h1-10H,11-14H2,(H,22,27)(H,28,29). The van der Waals surface area contributed by atoms with Gasteiger partial charge in [0.25, 0.3) is 5.91 Å². The Morgan fingerprint density at radius 1 is 0.828 bits per heavy atom. The Kier molecular flexibility index (Phi) is 4.90. The molecule has 2 aromatic carbocycles. The van der Waals surface area contributed by atoms with E-state index in [4.69, 9.17) is 5.11 Å². The monoisotopic (exact) mass is 392 g/mol. The molecule has 2 N–H and O–H groups in total. The number of para-hydroxylation sites is 1. The van der Waals surface area contributed by atoms with Crippen LogP contribution >= 0.6 is 0 Å². The summed E-state index contributed by atoms with van der Waals surface area (Å²) in [7, 11) is 0. The maximum atomic E-state index is 13.2. The van der Waals surface area contributed by atoms with Crippen LogP contribution in [-0.2, 0) is 0 Å². The number of aromatic nitrogens is 2. The highest BCUT2D eigenvalue weighted by atomic mass is 16.4. The Hall–Kier alpha value is -3.81. The first kappa shape index (κ1) is 18.5. The predicted molar refractivity (Wildman–Crippen MR) is 107 cm³/mol. The molecule has 1 saturated heterocycles. The topological polar surface area (TPSA) is 98.6 Å². The van der Waals surface area contributed by atoms with Crippen molar-refractivity contribution in [2.75, 3.05) is 26.2 Å². The zero-order valence-electron chi connectivity index (χ0n) is 15.6. The average Bonchev–Trinajstić information content (AvgIpc) is 3.11. The molecule has 1 fully saturated rings. The molecular weight excluding hydrogens is 372 g/mol. The van der Waals surface area contributed by atoms with Crippen LogP contribution in [0, 0.1) is 0 Å². The minimum atomic E-state index is -0.995. The maximum Gasteiger partial charge on any atom is 0.407 e. The SMILES string of the molecule is O=C(O)N1CCN(C(=O)c2[nH]c(=O)n(-c3ccccc3)c2-c2ccccc2)CC1. The van der Waals surface area contributed by atoms with Crippen molar-refractivity contribution in [2.45, 2.75) is 0 Å². The smallest absolute Gasteiger partial charge is 0.407 e. The highest BCUT2D eigenvalue weighted by molar-refractivity contribution is 5.98. The van der Waals surface area contributed by atoms with Gasteiger partial charge < -0.3 is 19.9 Å². The van der Waals surface area contributed by atoms with E-state index in [-0.39, 0.29) is 37.8 Å². The molecule has 0 bridgehead atoms. The Morgan fingerprint density at radius 2 is 1.38 bits per heavy atom. The van der Waals surface area contributed by atoms with Crippen molar-refractivity contribution in [3.8, 4) is 16.9 Å². The summed E-state index contributed by atoms with van der Waals surface area (Å²) >= 11 is 0. The van der Waals surface area contributed by atoms with Gasteiger partial charge in [-0.15, -0.1) is 0 Å². The maximum absolute atomic E-state index is 13.2. The molecule has 4 rings (SSSR count). The second-order valence-electron chi connectivity index (χ2n) is 6.75. The second-order valence-corrected chi connectivity index (χ2v) is 6.75. The van der Waals surface area contributed by atoms with E-state index in [1.54, 1.807) is 4.90 Å². The van der Waals surface area contributed by atoms with Crippen LogP contribution in [0.3, 0.4) is 0 Å². The number of carbonyl (C=O) groups excluding carboxylic acids is 1. The van der Waals surface area contributed by atoms with Crippen molar-refractivity contribution in [2.24, 2.45) is 0 Å². The summed E-state index contributed by atoms with van der Waals surface area (Å²) in [6, 6.07) is 18.4. The number of hydrogen-bond donors (Lipinski definition) is 2. The molecule has 2 amide bonds. The van der Waals surface area contributed by atoms with E-state index in [2.05, 4.69) is 4.98 Å². The third-order valence-corrected chi connectivity index (χ3v) is 5.01. The fourth-order valence-electron chi connectivity index (χ4n) is 3.54. The number of H-pyrrole nitrogens is 1. The van der Waals surface area contributed by atoms with Crippen LogP contribution in [0.1, 0.15) is 10.5 Å². The number of piperazine rings is 1. The minimum Gasteiger partial charge on any atom is -0.465 e. The summed E-state index contributed by atoms with van der Waals surface area (Å²) in [5.41, 5.74) is 1.69. The molecule has 0 aliphatic carbocycles. The first-order valence-electron chi connectivity index (χ1n) is 9.29.